The molecule has 0 aliphatic rings. The highest BCUT2D eigenvalue weighted by molar-refractivity contribution is 7.16. The maximum atomic E-state index is 11.2. The third kappa shape index (κ3) is 22.8. The zero-order chi connectivity index (χ0) is 94.1. The molecule has 0 aliphatic carbocycles. The topological polar surface area (TPSA) is 796 Å². The lowest BCUT2D eigenvalue weighted by Gasteiger charge is -1.90. The van der Waals surface area contributed by atoms with E-state index < -0.39 is 0 Å². The van der Waals surface area contributed by atoms with E-state index in [1.54, 1.807) is 112 Å². The van der Waals surface area contributed by atoms with E-state index in [0.717, 1.165) is 5.52 Å². The van der Waals surface area contributed by atoms with Gasteiger partial charge in [0, 0.05) is 23.2 Å². The van der Waals surface area contributed by atoms with Gasteiger partial charge in [-0.1, -0.05) is 5.16 Å². The van der Waals surface area contributed by atoms with Crippen LogP contribution in [0, 0.1) is 83.1 Å². The minimum atomic E-state index is -0.287. The van der Waals surface area contributed by atoms with Gasteiger partial charge in [0.2, 0.25) is 11.2 Å². The van der Waals surface area contributed by atoms with Crippen molar-refractivity contribution in [2.75, 3.05) is 0 Å². The first-order valence-electron chi connectivity index (χ1n) is 37.7. The Morgan fingerprint density at radius 1 is 0.318 bits per heavy atom. The first-order chi connectivity index (χ1) is 63.3. The predicted molar refractivity (Wildman–Crippen MR) is 483 cm³/mol. The summed E-state index contributed by atoms with van der Waals surface area (Å²) in [5.41, 5.74) is 7.97. The fourth-order valence-corrected chi connectivity index (χ4v) is 13.9. The third-order valence-electron chi connectivity index (χ3n) is 16.7. The van der Waals surface area contributed by atoms with E-state index in [9.17, 15) is 57.5 Å². The van der Waals surface area contributed by atoms with Gasteiger partial charge in [0.1, 0.15) is 90.8 Å². The number of oxazole rings is 2. The molecule has 672 valence electrons. The van der Waals surface area contributed by atoms with Gasteiger partial charge in [-0.05, 0) is 94.6 Å². The van der Waals surface area contributed by atoms with Gasteiger partial charge >= 0.3 is 0 Å². The average Bonchev–Trinajstić information content (AvgIpc) is 1.77. The van der Waals surface area contributed by atoms with E-state index in [0.29, 0.717) is 173 Å². The van der Waals surface area contributed by atoms with Crippen molar-refractivity contribution in [3.05, 3.63) is 279 Å². The van der Waals surface area contributed by atoms with Crippen LogP contribution in [-0.2, 0) is 0 Å². The quantitative estimate of drug-likeness (QED) is 0.100. The summed E-state index contributed by atoms with van der Waals surface area (Å²) in [5.74, 6) is 7.10. The number of rotatable bonds is 0. The van der Waals surface area contributed by atoms with Crippen molar-refractivity contribution in [2.45, 2.75) is 83.1 Å². The molecule has 0 atom stereocenters. The first-order valence-corrected chi connectivity index (χ1v) is 41.1. The molecule has 0 aliphatic heterocycles. The van der Waals surface area contributed by atoms with Crippen LogP contribution in [0.4, 0.5) is 0 Å². The molecule has 0 amide bonds. The van der Waals surface area contributed by atoms with Crippen molar-refractivity contribution in [3.63, 3.8) is 0 Å². The Hall–Kier alpha value is -18.0. The van der Waals surface area contributed by atoms with Crippen molar-refractivity contribution in [3.8, 4) is 0 Å². The number of fused-ring (bicyclic) bond motifs is 12. The third-order valence-corrected chi connectivity index (χ3v) is 19.7. The van der Waals surface area contributed by atoms with Crippen molar-refractivity contribution in [1.82, 2.24) is 194 Å². The summed E-state index contributed by atoms with van der Waals surface area (Å²) in [6.07, 6.45) is 14.4. The molecule has 0 saturated heterocycles. The highest BCUT2D eigenvalue weighted by Gasteiger charge is 2.12. The summed E-state index contributed by atoms with van der Waals surface area (Å²) in [4.78, 5) is 245. The molecule has 0 bridgehead atoms. The van der Waals surface area contributed by atoms with Crippen LogP contribution < -0.4 is 66.7 Å². The smallest absolute Gasteiger partial charge is 0.296 e. The highest BCUT2D eigenvalue weighted by atomic mass is 32.1. The average molecular weight is 1870 g/mol. The SMILES string of the molecule is Cc1nc2[nH]ncc2c(=O)[nH]1.Cc1nc2[nH]ncc2c(=O)[nH]1.Cc1nc2c[nH]cc2c(=O)[nH]1.Cc1nc2cscc2c(=O)[nH]1.Cc1nc2nc[nH]c2c(=O)[nH]1.Cc1nc2nc[nH]c2c(=O)[nH]1.Cc1nc2ncoc2c(=O)[nH]1.Cc1nc2ncsc2c(=O)[nH]1.Cc1nc2ocnc2c(=O)[nH]1.Cc1nc2oncc2c(=O)[nH]1.Cc1nc2scnc2c(=O)[nH]1.Cc1nc2sncc2c(=O)[nH]1. The predicted octanol–water partition coefficient (Wildman–Crippen LogP) is 4.39. The number of hydrogen-bond donors (Lipinski definition) is 17. The van der Waals surface area contributed by atoms with E-state index in [-0.39, 0.29) is 89.2 Å². The molecule has 24 heterocycles. The molecule has 0 saturated carbocycles. The molecule has 24 aromatic rings. The van der Waals surface area contributed by atoms with Crippen LogP contribution in [0.15, 0.2) is 155 Å². The summed E-state index contributed by atoms with van der Waals surface area (Å²) in [7, 11) is 0. The fourth-order valence-electron chi connectivity index (χ4n) is 11.2. The molecular formula is C74H67N39O15S4. The van der Waals surface area contributed by atoms with Crippen LogP contribution in [-0.4, -0.2) is 194 Å². The van der Waals surface area contributed by atoms with E-state index in [1.807, 2.05) is 5.38 Å². The van der Waals surface area contributed by atoms with Gasteiger partial charge in [0.05, 0.1) is 75.7 Å². The van der Waals surface area contributed by atoms with Crippen LogP contribution in [0.1, 0.15) is 69.9 Å². The number of aromatic nitrogens is 39. The summed E-state index contributed by atoms with van der Waals surface area (Å²) in [6, 6.07) is 0. The molecule has 24 aromatic heterocycles. The highest BCUT2D eigenvalue weighted by Crippen LogP contribution is 2.15. The maximum absolute atomic E-state index is 11.2. The zero-order valence-electron chi connectivity index (χ0n) is 70.2. The number of nitrogens with zero attached hydrogens (tertiary/aromatic N) is 22. The van der Waals surface area contributed by atoms with Crippen molar-refractivity contribution >= 4 is 176 Å². The number of aryl methyl sites for hydroxylation is 12. The lowest BCUT2D eigenvalue weighted by Crippen LogP contribution is -2.09. The van der Waals surface area contributed by atoms with Crippen LogP contribution in [0.2, 0.25) is 0 Å². The van der Waals surface area contributed by atoms with Crippen LogP contribution in [0.5, 0.6) is 0 Å². The van der Waals surface area contributed by atoms with E-state index >= 15 is 0 Å². The van der Waals surface area contributed by atoms with Gasteiger partial charge in [0.25, 0.3) is 78.1 Å². The number of hydrogen-bond acceptors (Lipinski definition) is 41. The molecule has 0 radical (unpaired) electrons. The van der Waals surface area contributed by atoms with Gasteiger partial charge in [0.15, 0.2) is 72.8 Å². The monoisotopic (exact) mass is 1870 g/mol. The normalized spacial score (nSPS) is 10.6. The molecule has 58 heteroatoms. The Bertz CT molecular complexity index is 7170. The van der Waals surface area contributed by atoms with Gasteiger partial charge in [-0.2, -0.15) is 29.5 Å². The van der Waals surface area contributed by atoms with Crippen molar-refractivity contribution < 1.29 is 13.4 Å². The second-order valence-corrected chi connectivity index (χ2v) is 30.0. The van der Waals surface area contributed by atoms with Crippen molar-refractivity contribution in [2.24, 2.45) is 0 Å². The number of thiazole rings is 2. The van der Waals surface area contributed by atoms with Crippen LogP contribution in [0.3, 0.4) is 0 Å². The van der Waals surface area contributed by atoms with Gasteiger partial charge in [-0.25, -0.2) is 74.8 Å². The molecule has 0 fully saturated rings. The lowest BCUT2D eigenvalue weighted by molar-refractivity contribution is 0.447. The van der Waals surface area contributed by atoms with E-state index in [2.05, 4.69) is 194 Å². The molecule has 17 N–H and O–H groups in total. The summed E-state index contributed by atoms with van der Waals surface area (Å²) < 4.78 is 18.8. The second-order valence-electron chi connectivity index (χ2n) is 26.8. The standard InChI is InChI=1S/C7H7N3O.C7H6N2OS.4C6H6N4O.3C6H5N3O2.3C6H5N3OS/c1-4-9-6-3-8-2-5(6)7(11)10-4;1-4-8-6-3-11-2-5(6)7(10)9-4;2*1-3-9-5-4(6(11)10-3)7-2-8-5;2*1-3-8-5-4(2-7-10-5)6(11)9-3;1-3-8-5-4(6(10)9-3)11-2-7-5;1-3-8-5(10)4-6(9-3)11-2-7-4;1-3-8-5(10)4-2-7-11-6(4)9-3;1-3-8-5-4(6(10)9-3)11-2-7-5;1-3-8-5(10)4-6(9-3)11-2-7-4;1-3-8-5(10)4-2-7-11-6(4)9-3/h2-3,8H,1H3,(H,9,10,11);2-3H,1H3,(H,8,9,10);4*2H,1H3,(H2,7,8,9,10,11);6*2H,1H3,(H,8,9,10). The molecule has 0 aromatic carbocycles. The Labute approximate surface area is 741 Å². The summed E-state index contributed by atoms with van der Waals surface area (Å²) in [6.45, 7) is 20.7. The largest absolute Gasteiger partial charge is 0.436 e. The first kappa shape index (κ1) is 91.7. The van der Waals surface area contributed by atoms with E-state index in [4.69, 9.17) is 13.4 Å². The Balaban J connectivity index is 0.000000122. The summed E-state index contributed by atoms with van der Waals surface area (Å²) >= 11 is 5.41. The number of H-pyrrole nitrogens is 17. The number of nitrogens with one attached hydrogen (secondary N) is 17. The molecular weight excluding hydrogens is 1800 g/mol. The van der Waals surface area contributed by atoms with Gasteiger partial charge in [-0.3, -0.25) is 67.7 Å². The van der Waals surface area contributed by atoms with Crippen LogP contribution >= 0.6 is 45.5 Å². The molecule has 0 unspecified atom stereocenters. The van der Waals surface area contributed by atoms with Gasteiger partial charge in [-0.15, -0.1) is 34.0 Å². The summed E-state index contributed by atoms with van der Waals surface area (Å²) in [5, 5.41) is 23.0. The Morgan fingerprint density at radius 2 is 0.773 bits per heavy atom. The second kappa shape index (κ2) is 41.0. The minimum absolute atomic E-state index is 0.0475. The minimum Gasteiger partial charge on any atom is -0.436 e. The zero-order valence-corrected chi connectivity index (χ0v) is 73.4. The Morgan fingerprint density at radius 3 is 1.38 bits per heavy atom. The maximum Gasteiger partial charge on any atom is 0.296 e. The molecule has 24 rings (SSSR count). The molecule has 132 heavy (non-hydrogen) atoms. The Kier molecular flexibility index (Phi) is 28.5. The van der Waals surface area contributed by atoms with Crippen LogP contribution in [0.25, 0.3) is 131 Å². The van der Waals surface area contributed by atoms with Gasteiger partial charge < -0.3 is 88.1 Å². The van der Waals surface area contributed by atoms with E-state index in [1.165, 1.54) is 95.8 Å². The molecule has 0 spiro atoms. The lowest BCUT2D eigenvalue weighted by atomic mass is 10.4. The number of imidazole rings is 2. The number of thiophene rings is 1. The van der Waals surface area contributed by atoms with Crippen molar-refractivity contribution in [1.29, 1.82) is 0 Å². The molecule has 54 nitrogen and oxygen atoms in total. The fraction of sp³-hybridized carbons (Fsp3) is 0.162. The number of aromatic amines is 17.